The molecule has 0 heterocycles. The molecule has 0 aliphatic carbocycles. The first-order valence-corrected chi connectivity index (χ1v) is 34.7. The lowest BCUT2D eigenvalue weighted by Gasteiger charge is -2.21. The molecule has 12 heteroatoms. The first kappa shape index (κ1) is 76.0. The smallest absolute Gasteiger partial charge is 0.462 e. The van der Waals surface area contributed by atoms with E-state index in [0.29, 0.717) is 19.3 Å². The topological polar surface area (TPSA) is 155 Å². The molecular formula is C66H125O11P. The summed E-state index contributed by atoms with van der Waals surface area (Å²) in [6.45, 7) is 4.70. The predicted molar refractivity (Wildman–Crippen MR) is 326 cm³/mol. The van der Waals surface area contributed by atoms with Gasteiger partial charge in [0.1, 0.15) is 12.7 Å². The number of hydrogen-bond acceptors (Lipinski definition) is 10. The zero-order valence-corrected chi connectivity index (χ0v) is 52.1. The van der Waals surface area contributed by atoms with Crippen molar-refractivity contribution in [2.24, 2.45) is 0 Å². The maximum Gasteiger partial charge on any atom is 0.472 e. The number of phosphoric acid groups is 1. The van der Waals surface area contributed by atoms with Crippen molar-refractivity contribution in [2.45, 2.75) is 354 Å². The molecule has 0 saturated carbocycles. The third kappa shape index (κ3) is 58.6. The van der Waals surface area contributed by atoms with E-state index in [0.717, 1.165) is 77.0 Å². The normalized spacial score (nSPS) is 13.3. The minimum absolute atomic E-state index is 0.173. The van der Waals surface area contributed by atoms with Crippen LogP contribution in [0.1, 0.15) is 342 Å². The summed E-state index contributed by atoms with van der Waals surface area (Å²) >= 11 is 0. The Morgan fingerprint density at radius 1 is 0.359 bits per heavy atom. The van der Waals surface area contributed by atoms with Gasteiger partial charge in [-0.05, 0) is 51.4 Å². The average molecular weight is 1130 g/mol. The average Bonchev–Trinajstić information content (AvgIpc) is 3.43. The highest BCUT2D eigenvalue weighted by Crippen LogP contribution is 2.43. The van der Waals surface area contributed by atoms with Gasteiger partial charge in [-0.2, -0.15) is 0 Å². The van der Waals surface area contributed by atoms with Gasteiger partial charge in [-0.3, -0.25) is 23.4 Å². The highest BCUT2D eigenvalue weighted by molar-refractivity contribution is 7.47. The highest BCUT2D eigenvalue weighted by Gasteiger charge is 2.28. The molecule has 0 rings (SSSR count). The molecule has 0 saturated heterocycles. The molecule has 11 nitrogen and oxygen atoms in total. The van der Waals surface area contributed by atoms with E-state index >= 15 is 0 Å². The molecule has 0 aromatic carbocycles. The Hall–Kier alpha value is -2.04. The van der Waals surface area contributed by atoms with Gasteiger partial charge in [0.05, 0.1) is 19.8 Å². The number of allylic oxidation sites excluding steroid dienone is 4. The largest absolute Gasteiger partial charge is 0.472 e. The summed E-state index contributed by atoms with van der Waals surface area (Å²) in [5.41, 5.74) is 0. The minimum atomic E-state index is -4.75. The van der Waals surface area contributed by atoms with Crippen molar-refractivity contribution in [1.82, 2.24) is 0 Å². The van der Waals surface area contributed by atoms with Gasteiger partial charge >= 0.3 is 25.7 Å². The fraction of sp³-hybridized carbons (Fsp3) is 0.894. The third-order valence-electron chi connectivity index (χ3n) is 14.9. The molecule has 460 valence electrons. The molecule has 0 radical (unpaired) electrons. The van der Waals surface area contributed by atoms with Crippen LogP contribution in [0.25, 0.3) is 0 Å². The second-order valence-corrected chi connectivity index (χ2v) is 24.1. The maximum atomic E-state index is 13.0. The summed E-state index contributed by atoms with van der Waals surface area (Å²) < 4.78 is 39.7. The van der Waals surface area contributed by atoms with Gasteiger partial charge in [0.15, 0.2) is 6.10 Å². The predicted octanol–water partition coefficient (Wildman–Crippen LogP) is 20.2. The Labute approximate surface area is 480 Å². The second kappa shape index (κ2) is 61.0. The number of carbonyl (C=O) groups is 3. The third-order valence-corrected chi connectivity index (χ3v) is 15.8. The number of aliphatic hydroxyl groups excluding tert-OH is 1. The van der Waals surface area contributed by atoms with Gasteiger partial charge in [-0.15, -0.1) is 0 Å². The van der Waals surface area contributed by atoms with Crippen molar-refractivity contribution < 1.29 is 52.2 Å². The molecule has 0 aromatic rings. The number of rotatable bonds is 63. The summed E-state index contributed by atoms with van der Waals surface area (Å²) in [7, 11) is -4.75. The molecule has 78 heavy (non-hydrogen) atoms. The molecule has 0 fully saturated rings. The Kier molecular flexibility index (Phi) is 59.4. The van der Waals surface area contributed by atoms with Crippen LogP contribution in [-0.2, 0) is 42.2 Å². The van der Waals surface area contributed by atoms with Crippen LogP contribution >= 0.6 is 7.82 Å². The number of carbonyl (C=O) groups excluding carboxylic acids is 3. The van der Waals surface area contributed by atoms with Crippen LogP contribution in [0.4, 0.5) is 0 Å². The van der Waals surface area contributed by atoms with Gasteiger partial charge < -0.3 is 24.2 Å². The summed E-state index contributed by atoms with van der Waals surface area (Å²) in [6, 6.07) is 0. The van der Waals surface area contributed by atoms with E-state index in [2.05, 4.69) is 45.1 Å². The van der Waals surface area contributed by atoms with Crippen LogP contribution in [0.2, 0.25) is 0 Å². The zero-order valence-electron chi connectivity index (χ0n) is 51.2. The fourth-order valence-corrected chi connectivity index (χ4v) is 10.6. The Morgan fingerprint density at radius 2 is 0.628 bits per heavy atom. The monoisotopic (exact) mass is 1120 g/mol. The summed E-state index contributed by atoms with van der Waals surface area (Å²) in [5.74, 6) is -1.44. The van der Waals surface area contributed by atoms with Crippen LogP contribution in [0, 0.1) is 0 Å². The van der Waals surface area contributed by atoms with E-state index in [1.54, 1.807) is 0 Å². The summed E-state index contributed by atoms with van der Waals surface area (Å²) in [5, 5.41) is 9.86. The van der Waals surface area contributed by atoms with Gasteiger partial charge in [0, 0.05) is 19.3 Å². The SMILES string of the molecule is CCCCC/C=C\C/C=C\CCCCCCCCCC(=O)OC(CO)COP(=O)(O)OCC(COC(=O)CCCCCCCCCCCCCCCCC)OC(=O)CCCCCCCCCCCCCCCCCCCCC. The Morgan fingerprint density at radius 3 is 0.974 bits per heavy atom. The van der Waals surface area contributed by atoms with E-state index in [1.807, 2.05) is 0 Å². The Bertz CT molecular complexity index is 1400. The quantitative estimate of drug-likeness (QED) is 0.0197. The van der Waals surface area contributed by atoms with E-state index in [9.17, 15) is 28.9 Å². The fourth-order valence-electron chi connectivity index (χ4n) is 9.80. The standard InChI is InChI=1S/C66H125O11P/c1-4-7-10-13-16-19-22-25-28-30-31-33-36-39-42-45-48-51-54-57-66(70)77-63(59-73-64(68)55-52-49-46-43-40-37-34-27-24-21-18-15-12-9-6-3)61-75-78(71,72)74-60-62(58-67)76-65(69)56-53-50-47-44-41-38-35-32-29-26-23-20-17-14-11-8-5-2/h17,20,26,29,62-63,67H,4-16,18-19,21-25,27-28,30-61H2,1-3H3,(H,71,72)/b20-17-,29-26-. The number of ether oxygens (including phenoxy) is 3. The van der Waals surface area contributed by atoms with Gasteiger partial charge in [0.25, 0.3) is 0 Å². The van der Waals surface area contributed by atoms with Crippen molar-refractivity contribution in [2.75, 3.05) is 26.4 Å². The first-order chi connectivity index (χ1) is 38.2. The number of aliphatic hydroxyl groups is 1. The van der Waals surface area contributed by atoms with Crippen molar-refractivity contribution >= 4 is 25.7 Å². The Balaban J connectivity index is 4.63. The molecule has 0 bridgehead atoms. The van der Waals surface area contributed by atoms with Crippen LogP contribution in [0.5, 0.6) is 0 Å². The van der Waals surface area contributed by atoms with E-state index in [-0.39, 0.29) is 25.9 Å². The molecule has 3 atom stereocenters. The highest BCUT2D eigenvalue weighted by atomic mass is 31.2. The lowest BCUT2D eigenvalue weighted by molar-refractivity contribution is -0.161. The van der Waals surface area contributed by atoms with Crippen molar-refractivity contribution in [1.29, 1.82) is 0 Å². The molecular weight excluding hydrogens is 1000 g/mol. The molecule has 0 spiro atoms. The number of hydrogen-bond donors (Lipinski definition) is 2. The number of esters is 3. The van der Waals surface area contributed by atoms with Crippen molar-refractivity contribution in [3.8, 4) is 0 Å². The van der Waals surface area contributed by atoms with Crippen LogP contribution < -0.4 is 0 Å². The van der Waals surface area contributed by atoms with E-state index in [1.165, 1.54) is 205 Å². The first-order valence-electron chi connectivity index (χ1n) is 33.2. The summed E-state index contributed by atoms with van der Waals surface area (Å²) in [6.07, 6.45) is 64.1. The lowest BCUT2D eigenvalue weighted by atomic mass is 10.0. The second-order valence-electron chi connectivity index (χ2n) is 22.7. The minimum Gasteiger partial charge on any atom is -0.462 e. The molecule has 2 N–H and O–H groups in total. The molecule has 3 unspecified atom stereocenters. The van der Waals surface area contributed by atoms with E-state index in [4.69, 9.17) is 23.3 Å². The molecule has 0 aromatic heterocycles. The molecule has 0 aliphatic heterocycles. The molecule has 0 aliphatic rings. The van der Waals surface area contributed by atoms with E-state index < -0.39 is 57.8 Å². The summed E-state index contributed by atoms with van der Waals surface area (Å²) in [4.78, 5) is 48.8. The van der Waals surface area contributed by atoms with Crippen molar-refractivity contribution in [3.05, 3.63) is 24.3 Å². The number of unbranched alkanes of at least 4 members (excludes halogenated alkanes) is 42. The van der Waals surface area contributed by atoms with Gasteiger partial charge in [-0.25, -0.2) is 4.57 Å². The van der Waals surface area contributed by atoms with Crippen molar-refractivity contribution in [3.63, 3.8) is 0 Å². The van der Waals surface area contributed by atoms with Gasteiger partial charge in [0.2, 0.25) is 0 Å². The molecule has 0 amide bonds. The van der Waals surface area contributed by atoms with Crippen LogP contribution in [0.3, 0.4) is 0 Å². The maximum absolute atomic E-state index is 13.0. The number of phosphoric ester groups is 1. The lowest BCUT2D eigenvalue weighted by Crippen LogP contribution is -2.30. The zero-order chi connectivity index (χ0) is 56.9. The van der Waals surface area contributed by atoms with Crippen LogP contribution in [-0.4, -0.2) is 66.5 Å². The van der Waals surface area contributed by atoms with Gasteiger partial charge in [-0.1, -0.05) is 295 Å². The van der Waals surface area contributed by atoms with Crippen LogP contribution in [0.15, 0.2) is 24.3 Å².